The molecule has 1 heterocycles. The highest BCUT2D eigenvalue weighted by Crippen LogP contribution is 2.24. The summed E-state index contributed by atoms with van der Waals surface area (Å²) in [5.74, 6) is -0.857. The van der Waals surface area contributed by atoms with Crippen molar-refractivity contribution >= 4 is 5.91 Å². The fourth-order valence-electron chi connectivity index (χ4n) is 1.72. The largest absolute Gasteiger partial charge is 0.504 e. The number of aromatic hydroxyl groups is 2. The number of ether oxygens (including phenoxy) is 1. The Morgan fingerprint density at radius 3 is 2.94 bits per heavy atom. The SMILES string of the molecule is O=C(NCC1CNCCO1)c1ccc(O)c(O)c1. The van der Waals surface area contributed by atoms with Gasteiger partial charge in [0, 0.05) is 25.2 Å². The van der Waals surface area contributed by atoms with Crippen LogP contribution in [0.3, 0.4) is 0 Å². The second-order valence-electron chi connectivity index (χ2n) is 4.11. The Morgan fingerprint density at radius 2 is 2.28 bits per heavy atom. The Kier molecular flexibility index (Phi) is 4.01. The Morgan fingerprint density at radius 1 is 1.44 bits per heavy atom. The van der Waals surface area contributed by atoms with Gasteiger partial charge in [0.2, 0.25) is 0 Å². The van der Waals surface area contributed by atoms with Crippen molar-refractivity contribution in [3.05, 3.63) is 23.8 Å². The van der Waals surface area contributed by atoms with E-state index in [4.69, 9.17) is 9.84 Å². The number of morpholine rings is 1. The summed E-state index contributed by atoms with van der Waals surface area (Å²) in [6.07, 6.45) is -0.0339. The number of benzene rings is 1. The second kappa shape index (κ2) is 5.70. The molecule has 98 valence electrons. The third kappa shape index (κ3) is 3.12. The number of carbonyl (C=O) groups is 1. The highest BCUT2D eigenvalue weighted by atomic mass is 16.5. The summed E-state index contributed by atoms with van der Waals surface area (Å²) in [5, 5.41) is 24.3. The van der Waals surface area contributed by atoms with Crippen molar-refractivity contribution in [3.8, 4) is 11.5 Å². The number of hydrogen-bond acceptors (Lipinski definition) is 5. The first-order valence-electron chi connectivity index (χ1n) is 5.79. The molecule has 1 aromatic carbocycles. The van der Waals surface area contributed by atoms with Crippen LogP contribution in [0.2, 0.25) is 0 Å². The molecule has 1 fully saturated rings. The Bertz CT molecular complexity index is 430. The molecule has 0 aromatic heterocycles. The third-order valence-corrected chi connectivity index (χ3v) is 2.73. The minimum Gasteiger partial charge on any atom is -0.504 e. The van der Waals surface area contributed by atoms with Gasteiger partial charge in [0.25, 0.3) is 5.91 Å². The average Bonchev–Trinajstić information content (AvgIpc) is 2.40. The lowest BCUT2D eigenvalue weighted by Crippen LogP contribution is -2.45. The van der Waals surface area contributed by atoms with Gasteiger partial charge in [-0.25, -0.2) is 0 Å². The van der Waals surface area contributed by atoms with Crippen LogP contribution in [0, 0.1) is 0 Å². The number of phenolic OH excluding ortho intramolecular Hbond substituents is 2. The maximum Gasteiger partial charge on any atom is 0.251 e. The van der Waals surface area contributed by atoms with Gasteiger partial charge in [0.1, 0.15) is 0 Å². The zero-order valence-corrected chi connectivity index (χ0v) is 9.85. The fourth-order valence-corrected chi connectivity index (χ4v) is 1.72. The van der Waals surface area contributed by atoms with Crippen LogP contribution in [0.4, 0.5) is 0 Å². The first-order chi connectivity index (χ1) is 8.66. The van der Waals surface area contributed by atoms with Crippen LogP contribution < -0.4 is 10.6 Å². The maximum absolute atomic E-state index is 11.8. The van der Waals surface area contributed by atoms with Crippen LogP contribution >= 0.6 is 0 Å². The van der Waals surface area contributed by atoms with Gasteiger partial charge in [-0.3, -0.25) is 4.79 Å². The van der Waals surface area contributed by atoms with Gasteiger partial charge < -0.3 is 25.6 Å². The fraction of sp³-hybridized carbons (Fsp3) is 0.417. The number of hydrogen-bond donors (Lipinski definition) is 4. The first-order valence-corrected chi connectivity index (χ1v) is 5.79. The molecule has 1 unspecified atom stereocenters. The van der Waals surface area contributed by atoms with Gasteiger partial charge in [0.15, 0.2) is 11.5 Å². The van der Waals surface area contributed by atoms with E-state index < -0.39 is 0 Å². The molecule has 18 heavy (non-hydrogen) atoms. The molecule has 1 atom stereocenters. The van der Waals surface area contributed by atoms with Crippen LogP contribution in [0.25, 0.3) is 0 Å². The standard InChI is InChI=1S/C12H16N2O4/c15-10-2-1-8(5-11(10)16)12(17)14-7-9-6-13-3-4-18-9/h1-2,5,9,13,15-16H,3-4,6-7H2,(H,14,17). The average molecular weight is 252 g/mol. The molecule has 4 N–H and O–H groups in total. The van der Waals surface area contributed by atoms with Gasteiger partial charge in [-0.05, 0) is 18.2 Å². The predicted octanol–water partition coefficient (Wildman–Crippen LogP) is -0.184. The van der Waals surface area contributed by atoms with Crippen molar-refractivity contribution in [3.63, 3.8) is 0 Å². The van der Waals surface area contributed by atoms with Crippen LogP contribution in [-0.4, -0.2) is 48.5 Å². The molecule has 1 aromatic rings. The molecule has 2 rings (SSSR count). The van der Waals surface area contributed by atoms with Gasteiger partial charge in [-0.1, -0.05) is 0 Å². The lowest BCUT2D eigenvalue weighted by Gasteiger charge is -2.23. The van der Waals surface area contributed by atoms with E-state index in [9.17, 15) is 9.90 Å². The Balaban J connectivity index is 1.88. The van der Waals surface area contributed by atoms with Gasteiger partial charge in [-0.2, -0.15) is 0 Å². The molecule has 1 amide bonds. The Labute approximate surface area is 105 Å². The lowest BCUT2D eigenvalue weighted by molar-refractivity contribution is 0.0287. The molecule has 1 saturated heterocycles. The highest BCUT2D eigenvalue weighted by Gasteiger charge is 2.15. The molecule has 0 spiro atoms. The quantitative estimate of drug-likeness (QED) is 0.560. The van der Waals surface area contributed by atoms with E-state index in [2.05, 4.69) is 10.6 Å². The van der Waals surface area contributed by atoms with Crippen LogP contribution in [0.1, 0.15) is 10.4 Å². The monoisotopic (exact) mass is 252 g/mol. The first kappa shape index (κ1) is 12.7. The molecule has 1 aliphatic heterocycles. The molecule has 0 bridgehead atoms. The van der Waals surface area contributed by atoms with Crippen molar-refractivity contribution in [2.75, 3.05) is 26.2 Å². The van der Waals surface area contributed by atoms with Crippen molar-refractivity contribution in [1.82, 2.24) is 10.6 Å². The van der Waals surface area contributed by atoms with E-state index in [0.29, 0.717) is 25.3 Å². The van der Waals surface area contributed by atoms with Gasteiger partial charge >= 0.3 is 0 Å². The van der Waals surface area contributed by atoms with E-state index in [1.54, 1.807) is 0 Å². The van der Waals surface area contributed by atoms with Crippen molar-refractivity contribution in [2.45, 2.75) is 6.10 Å². The predicted molar refractivity (Wildman–Crippen MR) is 64.7 cm³/mol. The van der Waals surface area contributed by atoms with Crippen LogP contribution in [0.15, 0.2) is 18.2 Å². The molecule has 0 saturated carbocycles. The zero-order chi connectivity index (χ0) is 13.0. The molecule has 0 radical (unpaired) electrons. The second-order valence-corrected chi connectivity index (χ2v) is 4.11. The van der Waals surface area contributed by atoms with E-state index in [1.165, 1.54) is 18.2 Å². The molecule has 1 aliphatic rings. The Hall–Kier alpha value is -1.79. The third-order valence-electron chi connectivity index (χ3n) is 2.73. The van der Waals surface area contributed by atoms with E-state index in [-0.39, 0.29) is 23.5 Å². The molecule has 0 aliphatic carbocycles. The molecular formula is C12H16N2O4. The number of nitrogens with one attached hydrogen (secondary N) is 2. The summed E-state index contributed by atoms with van der Waals surface area (Å²) in [7, 11) is 0. The normalized spacial score (nSPS) is 19.4. The number of carbonyl (C=O) groups excluding carboxylic acids is 1. The van der Waals surface area contributed by atoms with Crippen molar-refractivity contribution in [2.24, 2.45) is 0 Å². The van der Waals surface area contributed by atoms with E-state index in [0.717, 1.165) is 6.54 Å². The highest BCUT2D eigenvalue weighted by molar-refractivity contribution is 5.94. The number of rotatable bonds is 3. The summed E-state index contributed by atoms with van der Waals surface area (Å²) in [6.45, 7) is 2.59. The lowest BCUT2D eigenvalue weighted by atomic mass is 10.2. The van der Waals surface area contributed by atoms with E-state index in [1.807, 2.05) is 0 Å². The van der Waals surface area contributed by atoms with Crippen molar-refractivity contribution in [1.29, 1.82) is 0 Å². The smallest absolute Gasteiger partial charge is 0.251 e. The van der Waals surface area contributed by atoms with Gasteiger partial charge in [-0.15, -0.1) is 0 Å². The molecule has 6 nitrogen and oxygen atoms in total. The summed E-state index contributed by atoms with van der Waals surface area (Å²) in [4.78, 5) is 11.8. The van der Waals surface area contributed by atoms with Crippen LogP contribution in [0.5, 0.6) is 11.5 Å². The summed E-state index contributed by atoms with van der Waals surface area (Å²) >= 11 is 0. The minimum absolute atomic E-state index is 0.0339. The number of amides is 1. The van der Waals surface area contributed by atoms with Crippen LogP contribution in [-0.2, 0) is 4.74 Å². The molecular weight excluding hydrogens is 236 g/mol. The maximum atomic E-state index is 11.8. The summed E-state index contributed by atoms with van der Waals surface area (Å²) < 4.78 is 5.44. The zero-order valence-electron chi connectivity index (χ0n) is 9.85. The van der Waals surface area contributed by atoms with E-state index >= 15 is 0 Å². The topological polar surface area (TPSA) is 90.8 Å². The molecule has 6 heteroatoms. The minimum atomic E-state index is -0.307. The van der Waals surface area contributed by atoms with Crippen molar-refractivity contribution < 1.29 is 19.7 Å². The van der Waals surface area contributed by atoms with Gasteiger partial charge in [0.05, 0.1) is 12.7 Å². The summed E-state index contributed by atoms with van der Waals surface area (Å²) in [6, 6.07) is 3.96. The summed E-state index contributed by atoms with van der Waals surface area (Å²) in [5.41, 5.74) is 0.300. The number of phenols is 2.